The molecule has 0 aliphatic carbocycles. The molecule has 5 nitrogen and oxygen atoms in total. The highest BCUT2D eigenvalue weighted by atomic mass is 16.5. The van der Waals surface area contributed by atoms with Crippen LogP contribution in [-0.4, -0.2) is 31.3 Å². The van der Waals surface area contributed by atoms with E-state index >= 15 is 0 Å². The van der Waals surface area contributed by atoms with Gasteiger partial charge in [0, 0.05) is 13.7 Å². The second-order valence-electron chi connectivity index (χ2n) is 3.35. The zero-order valence-electron chi connectivity index (χ0n) is 9.14. The molecule has 0 aliphatic rings. The second-order valence-corrected chi connectivity index (χ2v) is 3.35. The molecule has 1 atom stereocenters. The highest BCUT2D eigenvalue weighted by molar-refractivity contribution is 5.82. The van der Waals surface area contributed by atoms with E-state index in [1.807, 2.05) is 0 Å². The molecule has 4 N–H and O–H groups in total. The van der Waals surface area contributed by atoms with Gasteiger partial charge in [-0.25, -0.2) is 0 Å². The maximum Gasteiger partial charge on any atom is 0.241 e. The smallest absolute Gasteiger partial charge is 0.241 e. The van der Waals surface area contributed by atoms with E-state index in [1.54, 1.807) is 19.2 Å². The van der Waals surface area contributed by atoms with E-state index in [9.17, 15) is 4.79 Å². The Bertz CT molecular complexity index is 338. The molecule has 0 saturated heterocycles. The van der Waals surface area contributed by atoms with Crippen molar-refractivity contribution < 1.29 is 14.6 Å². The predicted octanol–water partition coefficient (Wildman–Crippen LogP) is 0.155. The first-order valence-electron chi connectivity index (χ1n) is 4.96. The summed E-state index contributed by atoms with van der Waals surface area (Å²) in [6.45, 7) is 0.884. The van der Waals surface area contributed by atoms with Gasteiger partial charge in [-0.2, -0.15) is 0 Å². The van der Waals surface area contributed by atoms with Crippen LogP contribution in [0.4, 0.5) is 0 Å². The van der Waals surface area contributed by atoms with Gasteiger partial charge >= 0.3 is 0 Å². The molecule has 0 spiro atoms. The third-order valence-corrected chi connectivity index (χ3v) is 2.14. The molecule has 0 aliphatic heterocycles. The minimum Gasteiger partial charge on any atom is -0.508 e. The van der Waals surface area contributed by atoms with Gasteiger partial charge in [-0.1, -0.05) is 12.1 Å². The molecular weight excluding hydrogens is 208 g/mol. The number of amides is 1. The van der Waals surface area contributed by atoms with Gasteiger partial charge in [0.15, 0.2) is 0 Å². The Morgan fingerprint density at radius 3 is 2.69 bits per heavy atom. The van der Waals surface area contributed by atoms with Gasteiger partial charge in [0.1, 0.15) is 11.8 Å². The molecule has 0 radical (unpaired) electrons. The Labute approximate surface area is 94.2 Å². The van der Waals surface area contributed by atoms with Crippen LogP contribution in [0.15, 0.2) is 24.3 Å². The van der Waals surface area contributed by atoms with Gasteiger partial charge in [-0.05, 0) is 17.7 Å². The van der Waals surface area contributed by atoms with Crippen LogP contribution >= 0.6 is 0 Å². The number of phenolic OH excluding ortho intramolecular Hbond substituents is 1. The lowest BCUT2D eigenvalue weighted by molar-refractivity contribution is -0.122. The second kappa shape index (κ2) is 6.09. The van der Waals surface area contributed by atoms with Crippen molar-refractivity contribution in [1.29, 1.82) is 0 Å². The Balaban J connectivity index is 2.53. The molecule has 1 rings (SSSR count). The number of rotatable bonds is 5. The van der Waals surface area contributed by atoms with E-state index in [4.69, 9.17) is 15.6 Å². The minimum absolute atomic E-state index is 0.149. The number of nitrogens with two attached hydrogens (primary N) is 1. The number of methoxy groups -OCH3 is 1. The van der Waals surface area contributed by atoms with E-state index in [0.717, 1.165) is 0 Å². The number of aromatic hydroxyl groups is 1. The van der Waals surface area contributed by atoms with Gasteiger partial charge in [0.25, 0.3) is 0 Å². The Morgan fingerprint density at radius 2 is 2.12 bits per heavy atom. The fourth-order valence-electron chi connectivity index (χ4n) is 1.22. The van der Waals surface area contributed by atoms with E-state index in [2.05, 4.69) is 5.32 Å². The largest absolute Gasteiger partial charge is 0.508 e. The van der Waals surface area contributed by atoms with Crippen molar-refractivity contribution >= 4 is 5.91 Å². The van der Waals surface area contributed by atoms with Crippen LogP contribution in [0.3, 0.4) is 0 Å². The zero-order valence-corrected chi connectivity index (χ0v) is 9.14. The van der Waals surface area contributed by atoms with Crippen molar-refractivity contribution in [3.8, 4) is 5.75 Å². The average molecular weight is 224 g/mol. The zero-order chi connectivity index (χ0) is 12.0. The molecule has 1 amide bonds. The van der Waals surface area contributed by atoms with E-state index in [0.29, 0.717) is 18.7 Å². The number of hydrogen-bond donors (Lipinski definition) is 3. The summed E-state index contributed by atoms with van der Waals surface area (Å²) in [6, 6.07) is 5.51. The number of phenols is 1. The number of ether oxygens (including phenoxy) is 1. The number of carbonyl (C=O) groups is 1. The van der Waals surface area contributed by atoms with Crippen LogP contribution < -0.4 is 11.1 Å². The Kier molecular flexibility index (Phi) is 4.75. The first-order valence-corrected chi connectivity index (χ1v) is 4.96. The van der Waals surface area contributed by atoms with Crippen LogP contribution in [0.2, 0.25) is 0 Å². The molecular formula is C11H16N2O3. The third-order valence-electron chi connectivity index (χ3n) is 2.14. The Hall–Kier alpha value is -1.59. The fraction of sp³-hybridized carbons (Fsp3) is 0.364. The van der Waals surface area contributed by atoms with E-state index < -0.39 is 6.04 Å². The summed E-state index contributed by atoms with van der Waals surface area (Å²) in [6.07, 6.45) is 0. The summed E-state index contributed by atoms with van der Waals surface area (Å²) in [7, 11) is 1.56. The lowest BCUT2D eigenvalue weighted by Gasteiger charge is -2.12. The lowest BCUT2D eigenvalue weighted by Crippen LogP contribution is -2.35. The molecule has 0 fully saturated rings. The molecule has 1 aromatic carbocycles. The predicted molar refractivity (Wildman–Crippen MR) is 59.9 cm³/mol. The topological polar surface area (TPSA) is 84.6 Å². The molecule has 16 heavy (non-hydrogen) atoms. The molecule has 0 saturated carbocycles. The molecule has 1 aromatic rings. The number of carbonyl (C=O) groups excluding carboxylic acids is 1. The van der Waals surface area contributed by atoms with Crippen LogP contribution in [0, 0.1) is 0 Å². The first kappa shape index (κ1) is 12.5. The molecule has 0 aromatic heterocycles. The maximum absolute atomic E-state index is 11.5. The number of benzene rings is 1. The fourth-order valence-corrected chi connectivity index (χ4v) is 1.22. The standard InChI is InChI=1S/C11H16N2O3/c1-16-7-6-13-11(15)10(12)8-2-4-9(14)5-3-8/h2-5,10,14H,6-7,12H2,1H3,(H,13,15)/t10-/m0/s1. The van der Waals surface area contributed by atoms with E-state index in [-0.39, 0.29) is 11.7 Å². The quantitative estimate of drug-likeness (QED) is 0.622. The Morgan fingerprint density at radius 1 is 1.50 bits per heavy atom. The van der Waals surface area contributed by atoms with Gasteiger partial charge in [-0.15, -0.1) is 0 Å². The van der Waals surface area contributed by atoms with Crippen LogP contribution in [-0.2, 0) is 9.53 Å². The summed E-state index contributed by atoms with van der Waals surface area (Å²) in [4.78, 5) is 11.5. The summed E-state index contributed by atoms with van der Waals surface area (Å²) >= 11 is 0. The summed E-state index contributed by atoms with van der Waals surface area (Å²) in [5.74, 6) is -0.113. The molecule has 0 unspecified atom stereocenters. The van der Waals surface area contributed by atoms with Gasteiger partial charge < -0.3 is 20.9 Å². The van der Waals surface area contributed by atoms with Gasteiger partial charge in [0.2, 0.25) is 5.91 Å². The monoisotopic (exact) mass is 224 g/mol. The highest BCUT2D eigenvalue weighted by Gasteiger charge is 2.14. The maximum atomic E-state index is 11.5. The van der Waals surface area contributed by atoms with Crippen molar-refractivity contribution in [2.75, 3.05) is 20.3 Å². The number of hydrogen-bond acceptors (Lipinski definition) is 4. The van der Waals surface area contributed by atoms with Crippen LogP contribution in [0.5, 0.6) is 5.75 Å². The number of nitrogens with one attached hydrogen (secondary N) is 1. The van der Waals surface area contributed by atoms with Crippen LogP contribution in [0.1, 0.15) is 11.6 Å². The van der Waals surface area contributed by atoms with Crippen molar-refractivity contribution in [2.45, 2.75) is 6.04 Å². The van der Waals surface area contributed by atoms with Crippen molar-refractivity contribution in [2.24, 2.45) is 5.73 Å². The summed E-state index contributed by atoms with van der Waals surface area (Å²) in [5, 5.41) is 11.7. The molecule has 5 heteroatoms. The third kappa shape index (κ3) is 3.52. The summed E-state index contributed by atoms with van der Waals surface area (Å²) < 4.78 is 4.80. The highest BCUT2D eigenvalue weighted by Crippen LogP contribution is 2.14. The SMILES string of the molecule is COCCNC(=O)[C@@H](N)c1ccc(O)cc1. The average Bonchev–Trinajstić information content (AvgIpc) is 2.29. The van der Waals surface area contributed by atoms with Crippen molar-refractivity contribution in [3.63, 3.8) is 0 Å². The van der Waals surface area contributed by atoms with Crippen molar-refractivity contribution in [1.82, 2.24) is 5.32 Å². The molecule has 88 valence electrons. The van der Waals surface area contributed by atoms with Gasteiger partial charge in [-0.3, -0.25) is 4.79 Å². The summed E-state index contributed by atoms with van der Waals surface area (Å²) in [5.41, 5.74) is 6.40. The molecule has 0 heterocycles. The normalized spacial score (nSPS) is 12.1. The minimum atomic E-state index is -0.725. The van der Waals surface area contributed by atoms with Crippen molar-refractivity contribution in [3.05, 3.63) is 29.8 Å². The van der Waals surface area contributed by atoms with Gasteiger partial charge in [0.05, 0.1) is 6.61 Å². The lowest BCUT2D eigenvalue weighted by atomic mass is 10.1. The molecule has 0 bridgehead atoms. The first-order chi connectivity index (χ1) is 7.65. The van der Waals surface area contributed by atoms with E-state index in [1.165, 1.54) is 12.1 Å². The van der Waals surface area contributed by atoms with Crippen LogP contribution in [0.25, 0.3) is 0 Å².